The molecular weight excluding hydrogens is 332 g/mol. The van der Waals surface area contributed by atoms with Gasteiger partial charge in [0.15, 0.2) is 5.13 Å². The second-order valence-corrected chi connectivity index (χ2v) is 7.37. The Morgan fingerprint density at radius 1 is 1.32 bits per heavy atom. The van der Waals surface area contributed by atoms with Crippen molar-refractivity contribution in [1.82, 2.24) is 14.5 Å². The molecule has 25 heavy (non-hydrogen) atoms. The largest absolute Gasteiger partial charge is 0.494 e. The van der Waals surface area contributed by atoms with Crippen LogP contribution in [0.1, 0.15) is 31.7 Å². The quantitative estimate of drug-likeness (QED) is 0.649. The zero-order chi connectivity index (χ0) is 17.8. The van der Waals surface area contributed by atoms with Crippen molar-refractivity contribution in [2.45, 2.75) is 33.6 Å². The van der Waals surface area contributed by atoms with Gasteiger partial charge in [0.05, 0.1) is 30.5 Å². The molecule has 2 aromatic heterocycles. The van der Waals surface area contributed by atoms with Crippen LogP contribution in [-0.2, 0) is 6.42 Å². The Labute approximate surface area is 152 Å². The molecule has 0 aliphatic carbocycles. The Balaban J connectivity index is 1.75. The van der Waals surface area contributed by atoms with Crippen LogP contribution in [0.15, 0.2) is 36.1 Å². The molecule has 0 aliphatic rings. The lowest BCUT2D eigenvalue weighted by Gasteiger charge is -2.11. The fraction of sp³-hybridized carbons (Fsp3) is 0.368. The molecule has 0 unspecified atom stereocenters. The van der Waals surface area contributed by atoms with E-state index < -0.39 is 0 Å². The van der Waals surface area contributed by atoms with Crippen molar-refractivity contribution < 1.29 is 4.74 Å². The SMILES string of the molecule is COc1cc(Nc2nc(CCC(C)C)cs2)ccc1-n1cnc(C)c1. The van der Waals surface area contributed by atoms with E-state index in [2.05, 4.69) is 34.5 Å². The minimum absolute atomic E-state index is 0.696. The van der Waals surface area contributed by atoms with Crippen molar-refractivity contribution in [3.05, 3.63) is 47.5 Å². The Kier molecular flexibility index (Phi) is 5.38. The number of hydrogen-bond acceptors (Lipinski definition) is 5. The van der Waals surface area contributed by atoms with Gasteiger partial charge in [0, 0.05) is 23.3 Å². The Hall–Kier alpha value is -2.34. The Bertz CT molecular complexity index is 838. The van der Waals surface area contributed by atoms with Gasteiger partial charge >= 0.3 is 0 Å². The number of nitrogens with one attached hydrogen (secondary N) is 1. The fourth-order valence-electron chi connectivity index (χ4n) is 2.56. The smallest absolute Gasteiger partial charge is 0.187 e. The summed E-state index contributed by atoms with van der Waals surface area (Å²) in [5.41, 5.74) is 4.05. The molecule has 1 aromatic carbocycles. The zero-order valence-electron chi connectivity index (χ0n) is 15.1. The maximum atomic E-state index is 5.55. The second-order valence-electron chi connectivity index (χ2n) is 6.51. The van der Waals surface area contributed by atoms with Crippen LogP contribution in [-0.4, -0.2) is 21.6 Å². The molecule has 1 N–H and O–H groups in total. The molecule has 132 valence electrons. The fourth-order valence-corrected chi connectivity index (χ4v) is 3.33. The lowest BCUT2D eigenvalue weighted by molar-refractivity contribution is 0.413. The van der Waals surface area contributed by atoms with Crippen molar-refractivity contribution in [1.29, 1.82) is 0 Å². The first-order valence-electron chi connectivity index (χ1n) is 8.45. The van der Waals surface area contributed by atoms with E-state index in [4.69, 9.17) is 4.74 Å². The highest BCUT2D eigenvalue weighted by Gasteiger charge is 2.09. The first-order valence-corrected chi connectivity index (χ1v) is 9.33. The predicted octanol–water partition coefficient (Wildman–Crippen LogP) is 4.98. The van der Waals surface area contributed by atoms with Crippen LogP contribution < -0.4 is 10.1 Å². The van der Waals surface area contributed by atoms with Gasteiger partial charge in [0.1, 0.15) is 5.75 Å². The van der Waals surface area contributed by atoms with Gasteiger partial charge in [-0.15, -0.1) is 11.3 Å². The minimum atomic E-state index is 0.696. The Morgan fingerprint density at radius 2 is 2.16 bits per heavy atom. The molecule has 0 spiro atoms. The van der Waals surface area contributed by atoms with Gasteiger partial charge in [-0.2, -0.15) is 0 Å². The van der Waals surface area contributed by atoms with Crippen LogP contribution in [0.5, 0.6) is 5.75 Å². The molecule has 0 aliphatic heterocycles. The summed E-state index contributed by atoms with van der Waals surface area (Å²) in [5.74, 6) is 1.49. The second kappa shape index (κ2) is 7.70. The van der Waals surface area contributed by atoms with E-state index in [1.807, 2.05) is 35.9 Å². The van der Waals surface area contributed by atoms with Crippen LogP contribution in [0.25, 0.3) is 5.69 Å². The minimum Gasteiger partial charge on any atom is -0.494 e. The van der Waals surface area contributed by atoms with Crippen molar-refractivity contribution in [2.24, 2.45) is 5.92 Å². The molecule has 0 bridgehead atoms. The van der Waals surface area contributed by atoms with E-state index in [9.17, 15) is 0 Å². The Morgan fingerprint density at radius 3 is 2.84 bits per heavy atom. The predicted molar refractivity (Wildman–Crippen MR) is 103 cm³/mol. The maximum absolute atomic E-state index is 5.55. The molecule has 0 saturated carbocycles. The average Bonchev–Trinajstić information content (AvgIpc) is 3.22. The van der Waals surface area contributed by atoms with E-state index in [0.717, 1.165) is 46.5 Å². The van der Waals surface area contributed by atoms with Crippen LogP contribution in [0, 0.1) is 12.8 Å². The van der Waals surface area contributed by atoms with Gasteiger partial charge in [0.25, 0.3) is 0 Å². The van der Waals surface area contributed by atoms with Crippen molar-refractivity contribution >= 4 is 22.2 Å². The molecule has 0 amide bonds. The number of aromatic nitrogens is 3. The van der Waals surface area contributed by atoms with Crippen LogP contribution in [0.3, 0.4) is 0 Å². The molecule has 0 atom stereocenters. The highest BCUT2D eigenvalue weighted by atomic mass is 32.1. The number of methoxy groups -OCH3 is 1. The van der Waals surface area contributed by atoms with Gasteiger partial charge in [0.2, 0.25) is 0 Å². The number of anilines is 2. The third kappa shape index (κ3) is 4.39. The van der Waals surface area contributed by atoms with Crippen molar-refractivity contribution in [2.75, 3.05) is 12.4 Å². The molecule has 2 heterocycles. The summed E-state index contributed by atoms with van der Waals surface area (Å²) in [6, 6.07) is 6.04. The van der Waals surface area contributed by atoms with Gasteiger partial charge in [-0.3, -0.25) is 0 Å². The number of aryl methyl sites for hydroxylation is 2. The van der Waals surface area contributed by atoms with Crippen molar-refractivity contribution in [3.8, 4) is 11.4 Å². The number of nitrogens with zero attached hydrogens (tertiary/aromatic N) is 3. The molecule has 0 radical (unpaired) electrons. The van der Waals surface area contributed by atoms with E-state index >= 15 is 0 Å². The summed E-state index contributed by atoms with van der Waals surface area (Å²) in [4.78, 5) is 8.94. The first kappa shape index (κ1) is 17.5. The maximum Gasteiger partial charge on any atom is 0.187 e. The summed E-state index contributed by atoms with van der Waals surface area (Å²) >= 11 is 1.64. The van der Waals surface area contributed by atoms with Crippen LogP contribution in [0.4, 0.5) is 10.8 Å². The number of hydrogen-bond donors (Lipinski definition) is 1. The van der Waals surface area contributed by atoms with E-state index in [-0.39, 0.29) is 0 Å². The third-order valence-electron chi connectivity index (χ3n) is 3.95. The van der Waals surface area contributed by atoms with Gasteiger partial charge in [-0.05, 0) is 37.8 Å². The highest BCUT2D eigenvalue weighted by Crippen LogP contribution is 2.29. The molecule has 0 saturated heterocycles. The number of imidazole rings is 1. The van der Waals surface area contributed by atoms with Gasteiger partial charge in [-0.1, -0.05) is 13.8 Å². The van der Waals surface area contributed by atoms with E-state index in [1.165, 1.54) is 0 Å². The number of benzene rings is 1. The van der Waals surface area contributed by atoms with E-state index in [0.29, 0.717) is 5.92 Å². The lowest BCUT2D eigenvalue weighted by Crippen LogP contribution is -1.98. The average molecular weight is 356 g/mol. The standard InChI is InChI=1S/C19H24N4OS/c1-13(2)5-6-16-11-25-19(22-16)21-15-7-8-17(18(9-15)24-4)23-10-14(3)20-12-23/h7-13H,5-6H2,1-4H3,(H,21,22). The topological polar surface area (TPSA) is 52.0 Å². The first-order chi connectivity index (χ1) is 12.0. The molecule has 6 heteroatoms. The summed E-state index contributed by atoms with van der Waals surface area (Å²) in [6.45, 7) is 6.44. The van der Waals surface area contributed by atoms with Gasteiger partial charge < -0.3 is 14.6 Å². The summed E-state index contributed by atoms with van der Waals surface area (Å²) < 4.78 is 7.52. The summed E-state index contributed by atoms with van der Waals surface area (Å²) in [5, 5.41) is 6.41. The van der Waals surface area contributed by atoms with E-state index in [1.54, 1.807) is 24.8 Å². The van der Waals surface area contributed by atoms with Crippen LogP contribution >= 0.6 is 11.3 Å². The highest BCUT2D eigenvalue weighted by molar-refractivity contribution is 7.13. The number of ether oxygens (including phenoxy) is 1. The lowest BCUT2D eigenvalue weighted by atomic mass is 10.1. The van der Waals surface area contributed by atoms with Crippen molar-refractivity contribution in [3.63, 3.8) is 0 Å². The normalized spacial score (nSPS) is 11.1. The summed E-state index contributed by atoms with van der Waals surface area (Å²) in [6.07, 6.45) is 5.96. The third-order valence-corrected chi connectivity index (χ3v) is 4.76. The number of rotatable bonds is 7. The number of thiazole rings is 1. The monoisotopic (exact) mass is 356 g/mol. The molecule has 5 nitrogen and oxygen atoms in total. The summed E-state index contributed by atoms with van der Waals surface area (Å²) in [7, 11) is 1.68. The molecule has 3 rings (SSSR count). The zero-order valence-corrected chi connectivity index (χ0v) is 15.9. The molecular formula is C19H24N4OS. The van der Waals surface area contributed by atoms with Crippen LogP contribution in [0.2, 0.25) is 0 Å². The molecule has 3 aromatic rings. The molecule has 0 fully saturated rings. The van der Waals surface area contributed by atoms with Gasteiger partial charge in [-0.25, -0.2) is 9.97 Å².